The average Bonchev–Trinajstić information content (AvgIpc) is 3.21. The topological polar surface area (TPSA) is 107 Å². The Morgan fingerprint density at radius 1 is 1.13 bits per heavy atom. The Labute approximate surface area is 175 Å². The van der Waals surface area contributed by atoms with Crippen molar-refractivity contribution in [3.63, 3.8) is 0 Å². The van der Waals surface area contributed by atoms with E-state index < -0.39 is 0 Å². The van der Waals surface area contributed by atoms with Crippen LogP contribution in [-0.2, 0) is 17.9 Å². The minimum atomic E-state index is -0.148. The van der Waals surface area contributed by atoms with Crippen molar-refractivity contribution in [3.05, 3.63) is 72.6 Å². The van der Waals surface area contributed by atoms with Crippen LogP contribution < -0.4 is 21.1 Å². The van der Waals surface area contributed by atoms with Crippen LogP contribution in [-0.4, -0.2) is 27.8 Å². The maximum absolute atomic E-state index is 12.1. The van der Waals surface area contributed by atoms with Crippen LogP contribution >= 0.6 is 0 Å². The predicted octanol–water partition coefficient (Wildman–Crippen LogP) is 3.24. The van der Waals surface area contributed by atoms with E-state index in [9.17, 15) is 4.79 Å². The van der Waals surface area contributed by atoms with Gasteiger partial charge in [-0.3, -0.25) is 9.48 Å². The maximum atomic E-state index is 12.1. The summed E-state index contributed by atoms with van der Waals surface area (Å²) in [5, 5.41) is 9.94. The Kier molecular flexibility index (Phi) is 7.05. The molecule has 0 aliphatic rings. The van der Waals surface area contributed by atoms with Crippen LogP contribution in [0.15, 0.2) is 72.0 Å². The van der Waals surface area contributed by atoms with E-state index in [0.717, 1.165) is 17.0 Å². The van der Waals surface area contributed by atoms with Crippen molar-refractivity contribution in [2.45, 2.75) is 33.0 Å². The first-order chi connectivity index (χ1) is 14.5. The van der Waals surface area contributed by atoms with E-state index in [1.165, 1.54) is 0 Å². The van der Waals surface area contributed by atoms with E-state index in [2.05, 4.69) is 20.7 Å². The van der Waals surface area contributed by atoms with E-state index in [4.69, 9.17) is 10.5 Å². The molecule has 8 nitrogen and oxygen atoms in total. The number of aliphatic imine (C=N–C) groups is 1. The number of anilines is 2. The molecule has 1 amide bonds. The summed E-state index contributed by atoms with van der Waals surface area (Å²) in [5.74, 6) is 0.962. The zero-order valence-corrected chi connectivity index (χ0v) is 17.1. The molecule has 156 valence electrons. The number of aromatic nitrogens is 2. The SMILES string of the molecule is CC(C)Oc1ccc(NC(N)=NCc2cccc(NC(=O)Cn3cccn3)c2)cc1. The molecule has 3 rings (SSSR count). The lowest BCUT2D eigenvalue weighted by Gasteiger charge is -2.11. The van der Waals surface area contributed by atoms with Gasteiger partial charge in [-0.2, -0.15) is 5.10 Å². The molecule has 0 spiro atoms. The second-order valence-electron chi connectivity index (χ2n) is 6.97. The Bertz CT molecular complexity index is 981. The largest absolute Gasteiger partial charge is 0.491 e. The third-order valence-corrected chi connectivity index (χ3v) is 4.01. The van der Waals surface area contributed by atoms with Crippen LogP contribution in [0.2, 0.25) is 0 Å². The summed E-state index contributed by atoms with van der Waals surface area (Å²) in [6.07, 6.45) is 3.50. The van der Waals surface area contributed by atoms with Crippen molar-refractivity contribution in [2.75, 3.05) is 10.6 Å². The zero-order valence-electron chi connectivity index (χ0n) is 17.1. The molecule has 4 N–H and O–H groups in total. The number of nitrogens with one attached hydrogen (secondary N) is 2. The van der Waals surface area contributed by atoms with Gasteiger partial charge in [-0.1, -0.05) is 12.1 Å². The first-order valence-corrected chi connectivity index (χ1v) is 9.68. The van der Waals surface area contributed by atoms with E-state index in [-0.39, 0.29) is 18.6 Å². The summed E-state index contributed by atoms with van der Waals surface area (Å²) >= 11 is 0. The first kappa shape index (κ1) is 20.9. The van der Waals surface area contributed by atoms with Crippen molar-refractivity contribution >= 4 is 23.2 Å². The number of nitrogens with two attached hydrogens (primary N) is 1. The molecule has 3 aromatic rings. The minimum Gasteiger partial charge on any atom is -0.491 e. The highest BCUT2D eigenvalue weighted by Gasteiger charge is 2.05. The smallest absolute Gasteiger partial charge is 0.246 e. The van der Waals surface area contributed by atoms with Gasteiger partial charge in [0.2, 0.25) is 5.91 Å². The molecule has 0 unspecified atom stereocenters. The molecule has 0 fully saturated rings. The van der Waals surface area contributed by atoms with Crippen LogP contribution in [0.1, 0.15) is 19.4 Å². The van der Waals surface area contributed by atoms with Crippen LogP contribution in [0.25, 0.3) is 0 Å². The Balaban J connectivity index is 1.53. The second-order valence-corrected chi connectivity index (χ2v) is 6.97. The van der Waals surface area contributed by atoms with E-state index >= 15 is 0 Å². The number of carbonyl (C=O) groups is 1. The molecule has 1 heterocycles. The van der Waals surface area contributed by atoms with Crippen LogP contribution in [0.5, 0.6) is 5.75 Å². The number of hydrogen-bond donors (Lipinski definition) is 3. The molecule has 30 heavy (non-hydrogen) atoms. The lowest BCUT2D eigenvalue weighted by Crippen LogP contribution is -2.22. The molecule has 0 saturated heterocycles. The Morgan fingerprint density at radius 3 is 2.63 bits per heavy atom. The lowest BCUT2D eigenvalue weighted by atomic mass is 10.2. The molecule has 0 aliphatic heterocycles. The number of benzene rings is 2. The van der Waals surface area contributed by atoms with Crippen LogP contribution in [0.4, 0.5) is 11.4 Å². The summed E-state index contributed by atoms with van der Waals surface area (Å²) in [4.78, 5) is 16.5. The third-order valence-electron chi connectivity index (χ3n) is 4.01. The van der Waals surface area contributed by atoms with Gasteiger partial charge in [0.15, 0.2) is 5.96 Å². The Morgan fingerprint density at radius 2 is 1.93 bits per heavy atom. The van der Waals surface area contributed by atoms with Crippen molar-refractivity contribution < 1.29 is 9.53 Å². The quantitative estimate of drug-likeness (QED) is 0.393. The minimum absolute atomic E-state index is 0.126. The number of hydrogen-bond acceptors (Lipinski definition) is 4. The van der Waals surface area contributed by atoms with Crippen molar-refractivity contribution in [1.82, 2.24) is 9.78 Å². The number of amides is 1. The molecule has 0 radical (unpaired) electrons. The normalized spacial score (nSPS) is 11.4. The fourth-order valence-electron chi connectivity index (χ4n) is 2.74. The van der Waals surface area contributed by atoms with Gasteiger partial charge in [-0.25, -0.2) is 4.99 Å². The lowest BCUT2D eigenvalue weighted by molar-refractivity contribution is -0.116. The van der Waals surface area contributed by atoms with Gasteiger partial charge in [0.25, 0.3) is 0 Å². The van der Waals surface area contributed by atoms with Gasteiger partial charge in [0.1, 0.15) is 12.3 Å². The number of nitrogens with zero attached hydrogens (tertiary/aromatic N) is 3. The molecule has 0 saturated carbocycles. The highest BCUT2D eigenvalue weighted by atomic mass is 16.5. The fraction of sp³-hybridized carbons (Fsp3) is 0.227. The summed E-state index contributed by atoms with van der Waals surface area (Å²) in [6, 6.07) is 16.8. The van der Waals surface area contributed by atoms with E-state index in [0.29, 0.717) is 18.2 Å². The van der Waals surface area contributed by atoms with Crippen LogP contribution in [0, 0.1) is 0 Å². The summed E-state index contributed by atoms with van der Waals surface area (Å²) in [7, 11) is 0. The predicted molar refractivity (Wildman–Crippen MR) is 118 cm³/mol. The highest BCUT2D eigenvalue weighted by molar-refractivity contribution is 5.92. The van der Waals surface area contributed by atoms with Gasteiger partial charge in [-0.05, 0) is 61.9 Å². The van der Waals surface area contributed by atoms with E-state index in [1.807, 2.05) is 62.4 Å². The third kappa shape index (κ3) is 6.66. The second kappa shape index (κ2) is 10.1. The summed E-state index contributed by atoms with van der Waals surface area (Å²) in [5.41, 5.74) is 8.45. The molecule has 8 heteroatoms. The molecular weight excluding hydrogens is 380 g/mol. The number of ether oxygens (including phenoxy) is 1. The molecular formula is C22H26N6O2. The van der Waals surface area contributed by atoms with Gasteiger partial charge in [-0.15, -0.1) is 0 Å². The first-order valence-electron chi connectivity index (χ1n) is 9.68. The molecule has 0 bridgehead atoms. The van der Waals surface area contributed by atoms with E-state index in [1.54, 1.807) is 23.1 Å². The summed E-state index contributed by atoms with van der Waals surface area (Å²) in [6.45, 7) is 4.51. The van der Waals surface area contributed by atoms with Crippen LogP contribution in [0.3, 0.4) is 0 Å². The monoisotopic (exact) mass is 406 g/mol. The van der Waals surface area contributed by atoms with Gasteiger partial charge < -0.3 is 21.1 Å². The fourth-order valence-corrected chi connectivity index (χ4v) is 2.74. The highest BCUT2D eigenvalue weighted by Crippen LogP contribution is 2.17. The van der Waals surface area contributed by atoms with Gasteiger partial charge in [0.05, 0.1) is 12.6 Å². The number of carbonyl (C=O) groups excluding carboxylic acids is 1. The molecule has 1 aromatic heterocycles. The molecule has 0 atom stereocenters. The maximum Gasteiger partial charge on any atom is 0.246 e. The number of rotatable bonds is 8. The Hall–Kier alpha value is -3.81. The van der Waals surface area contributed by atoms with Gasteiger partial charge in [0, 0.05) is 23.8 Å². The summed E-state index contributed by atoms with van der Waals surface area (Å²) < 4.78 is 7.19. The molecule has 2 aromatic carbocycles. The zero-order chi connectivity index (χ0) is 21.3. The average molecular weight is 406 g/mol. The van der Waals surface area contributed by atoms with Crippen molar-refractivity contribution in [1.29, 1.82) is 0 Å². The standard InChI is InChI=1S/C22H26N6O2/c1-16(2)30-20-9-7-18(8-10-20)27-22(23)24-14-17-5-3-6-19(13-17)26-21(29)15-28-12-4-11-25-28/h3-13,16H,14-15H2,1-2H3,(H,26,29)(H3,23,24,27). The van der Waals surface area contributed by atoms with Crippen molar-refractivity contribution in [2.24, 2.45) is 10.7 Å². The van der Waals surface area contributed by atoms with Gasteiger partial charge >= 0.3 is 0 Å². The van der Waals surface area contributed by atoms with Crippen molar-refractivity contribution in [3.8, 4) is 5.75 Å². The number of guanidine groups is 1. The molecule has 0 aliphatic carbocycles.